The van der Waals surface area contributed by atoms with Gasteiger partial charge in [0.25, 0.3) is 0 Å². The molecule has 1 heterocycles. The molecule has 5 heteroatoms. The summed E-state index contributed by atoms with van der Waals surface area (Å²) in [5.41, 5.74) is 7.08. The molecule has 0 aromatic heterocycles. The molecule has 116 valence electrons. The van der Waals surface area contributed by atoms with Gasteiger partial charge in [-0.25, -0.2) is 0 Å². The second kappa shape index (κ2) is 7.31. The van der Waals surface area contributed by atoms with E-state index >= 15 is 0 Å². The van der Waals surface area contributed by atoms with Crippen LogP contribution in [-0.4, -0.2) is 50.1 Å². The van der Waals surface area contributed by atoms with Crippen LogP contribution in [0.15, 0.2) is 24.3 Å². The number of carbonyl (C=O) groups is 1. The molecular weight excluding hydrogens is 266 g/mol. The van der Waals surface area contributed by atoms with Crippen molar-refractivity contribution in [3.8, 4) is 5.75 Å². The van der Waals surface area contributed by atoms with Gasteiger partial charge in [-0.1, -0.05) is 13.3 Å². The molecule has 1 aromatic rings. The van der Waals surface area contributed by atoms with Crippen LogP contribution in [0.4, 0.5) is 5.69 Å². The number of ether oxygens (including phenoxy) is 1. The van der Waals surface area contributed by atoms with Crippen molar-refractivity contribution in [2.75, 3.05) is 38.2 Å². The second-order valence-corrected chi connectivity index (χ2v) is 5.41. The summed E-state index contributed by atoms with van der Waals surface area (Å²) in [6.45, 7) is 5.22. The van der Waals surface area contributed by atoms with Gasteiger partial charge in [-0.05, 0) is 30.7 Å². The average molecular weight is 291 g/mol. The summed E-state index contributed by atoms with van der Waals surface area (Å²) in [5.74, 6) is 0.948. The first-order chi connectivity index (χ1) is 10.2. The predicted molar refractivity (Wildman–Crippen MR) is 84.7 cm³/mol. The third-order valence-corrected chi connectivity index (χ3v) is 3.95. The quantitative estimate of drug-likeness (QED) is 0.892. The fourth-order valence-electron chi connectivity index (χ4n) is 2.65. The Hall–Kier alpha value is -1.75. The highest BCUT2D eigenvalue weighted by atomic mass is 16.5. The van der Waals surface area contributed by atoms with Gasteiger partial charge in [0.05, 0.1) is 13.2 Å². The molecule has 1 aromatic carbocycles. The van der Waals surface area contributed by atoms with E-state index in [0.29, 0.717) is 0 Å². The second-order valence-electron chi connectivity index (χ2n) is 5.41. The van der Waals surface area contributed by atoms with Crippen molar-refractivity contribution in [1.82, 2.24) is 4.90 Å². The number of hydrogen-bond acceptors (Lipinski definition) is 4. The van der Waals surface area contributed by atoms with Crippen LogP contribution >= 0.6 is 0 Å². The number of methoxy groups -OCH3 is 1. The lowest BCUT2D eigenvalue weighted by atomic mass is 10.1. The monoisotopic (exact) mass is 291 g/mol. The molecule has 1 fully saturated rings. The van der Waals surface area contributed by atoms with E-state index in [1.54, 1.807) is 7.11 Å². The van der Waals surface area contributed by atoms with Crippen molar-refractivity contribution in [3.63, 3.8) is 0 Å². The first-order valence-electron chi connectivity index (χ1n) is 7.59. The third kappa shape index (κ3) is 3.88. The molecule has 0 radical (unpaired) electrons. The van der Waals surface area contributed by atoms with E-state index in [0.717, 1.165) is 44.8 Å². The van der Waals surface area contributed by atoms with Crippen LogP contribution in [0.25, 0.3) is 0 Å². The molecule has 2 N–H and O–H groups in total. The van der Waals surface area contributed by atoms with E-state index in [4.69, 9.17) is 10.5 Å². The Labute approximate surface area is 126 Å². The first kappa shape index (κ1) is 15.6. The van der Waals surface area contributed by atoms with Crippen molar-refractivity contribution in [2.45, 2.75) is 25.8 Å². The molecule has 1 saturated heterocycles. The van der Waals surface area contributed by atoms with Crippen LogP contribution < -0.4 is 15.4 Å². The number of carbonyl (C=O) groups excluding carboxylic acids is 1. The fourth-order valence-corrected chi connectivity index (χ4v) is 2.65. The maximum atomic E-state index is 12.2. The lowest BCUT2D eigenvalue weighted by Crippen LogP contribution is -2.53. The van der Waals surface area contributed by atoms with Crippen LogP contribution in [0.2, 0.25) is 0 Å². The summed E-state index contributed by atoms with van der Waals surface area (Å²) in [7, 11) is 1.67. The number of hydrogen-bond donors (Lipinski definition) is 1. The Morgan fingerprint density at radius 3 is 2.38 bits per heavy atom. The van der Waals surface area contributed by atoms with Gasteiger partial charge in [0.2, 0.25) is 5.91 Å². The van der Waals surface area contributed by atoms with Crippen LogP contribution in [0.5, 0.6) is 5.75 Å². The molecule has 0 aliphatic carbocycles. The molecule has 0 spiro atoms. The van der Waals surface area contributed by atoms with Gasteiger partial charge in [-0.3, -0.25) is 4.79 Å². The van der Waals surface area contributed by atoms with E-state index in [-0.39, 0.29) is 11.9 Å². The smallest absolute Gasteiger partial charge is 0.239 e. The van der Waals surface area contributed by atoms with Gasteiger partial charge >= 0.3 is 0 Å². The number of piperazine rings is 1. The van der Waals surface area contributed by atoms with E-state index in [1.165, 1.54) is 5.69 Å². The maximum Gasteiger partial charge on any atom is 0.239 e. The van der Waals surface area contributed by atoms with Crippen molar-refractivity contribution in [3.05, 3.63) is 24.3 Å². The Balaban J connectivity index is 1.89. The zero-order valence-corrected chi connectivity index (χ0v) is 12.9. The minimum Gasteiger partial charge on any atom is -0.497 e. The van der Waals surface area contributed by atoms with Crippen LogP contribution in [0, 0.1) is 0 Å². The Morgan fingerprint density at radius 1 is 1.24 bits per heavy atom. The summed E-state index contributed by atoms with van der Waals surface area (Å²) >= 11 is 0. The summed E-state index contributed by atoms with van der Waals surface area (Å²) in [6.07, 6.45) is 1.70. The third-order valence-electron chi connectivity index (χ3n) is 3.95. The maximum absolute atomic E-state index is 12.2. The van der Waals surface area contributed by atoms with E-state index in [2.05, 4.69) is 24.0 Å². The van der Waals surface area contributed by atoms with Gasteiger partial charge < -0.3 is 20.3 Å². The normalized spacial score (nSPS) is 16.7. The molecule has 0 unspecified atom stereocenters. The Kier molecular flexibility index (Phi) is 5.44. The van der Waals surface area contributed by atoms with Gasteiger partial charge in [0, 0.05) is 31.9 Å². The zero-order valence-electron chi connectivity index (χ0n) is 12.9. The van der Waals surface area contributed by atoms with E-state index < -0.39 is 0 Å². The molecule has 2 rings (SSSR count). The molecular formula is C16H25N3O2. The first-order valence-corrected chi connectivity index (χ1v) is 7.59. The van der Waals surface area contributed by atoms with Gasteiger partial charge in [0.1, 0.15) is 5.75 Å². The summed E-state index contributed by atoms with van der Waals surface area (Å²) in [6, 6.07) is 7.69. The highest BCUT2D eigenvalue weighted by molar-refractivity contribution is 5.81. The fraction of sp³-hybridized carbons (Fsp3) is 0.562. The number of anilines is 1. The minimum atomic E-state index is -0.345. The van der Waals surface area contributed by atoms with Crippen molar-refractivity contribution in [1.29, 1.82) is 0 Å². The largest absolute Gasteiger partial charge is 0.497 e. The molecule has 1 aliphatic heterocycles. The van der Waals surface area contributed by atoms with E-state index in [1.807, 2.05) is 17.0 Å². The summed E-state index contributed by atoms with van der Waals surface area (Å²) < 4.78 is 5.17. The molecule has 5 nitrogen and oxygen atoms in total. The number of benzene rings is 1. The lowest BCUT2D eigenvalue weighted by Gasteiger charge is -2.37. The Bertz CT molecular complexity index is 453. The van der Waals surface area contributed by atoms with Crippen molar-refractivity contribution < 1.29 is 9.53 Å². The summed E-state index contributed by atoms with van der Waals surface area (Å²) in [5, 5.41) is 0. The van der Waals surface area contributed by atoms with Crippen LogP contribution in [0.3, 0.4) is 0 Å². The van der Waals surface area contributed by atoms with Crippen LogP contribution in [-0.2, 0) is 4.79 Å². The topological polar surface area (TPSA) is 58.8 Å². The lowest BCUT2D eigenvalue weighted by molar-refractivity contribution is -0.133. The van der Waals surface area contributed by atoms with Crippen LogP contribution in [0.1, 0.15) is 19.8 Å². The van der Waals surface area contributed by atoms with Gasteiger partial charge in [-0.15, -0.1) is 0 Å². The van der Waals surface area contributed by atoms with Gasteiger partial charge in [0.15, 0.2) is 0 Å². The highest BCUT2D eigenvalue weighted by Crippen LogP contribution is 2.20. The van der Waals surface area contributed by atoms with E-state index in [9.17, 15) is 4.79 Å². The Morgan fingerprint density at radius 2 is 1.86 bits per heavy atom. The molecule has 1 aliphatic rings. The number of nitrogens with zero attached hydrogens (tertiary/aromatic N) is 2. The van der Waals surface area contributed by atoms with Crippen molar-refractivity contribution >= 4 is 11.6 Å². The van der Waals surface area contributed by atoms with Crippen molar-refractivity contribution in [2.24, 2.45) is 5.73 Å². The standard InChI is InChI=1S/C16H25N3O2/c1-3-4-15(17)16(20)19-11-9-18(10-12-19)13-5-7-14(21-2)8-6-13/h5-8,15H,3-4,9-12,17H2,1-2H3/t15-/m1/s1. The molecule has 0 saturated carbocycles. The molecule has 0 bridgehead atoms. The average Bonchev–Trinajstić information content (AvgIpc) is 2.54. The molecule has 1 atom stereocenters. The number of rotatable bonds is 5. The molecule has 21 heavy (non-hydrogen) atoms. The summed E-state index contributed by atoms with van der Waals surface area (Å²) in [4.78, 5) is 16.4. The van der Waals surface area contributed by atoms with Gasteiger partial charge in [-0.2, -0.15) is 0 Å². The highest BCUT2D eigenvalue weighted by Gasteiger charge is 2.24. The predicted octanol–water partition coefficient (Wildman–Crippen LogP) is 1.47. The zero-order chi connectivity index (χ0) is 15.2. The minimum absolute atomic E-state index is 0.0891. The number of nitrogens with two attached hydrogens (primary N) is 1. The SMILES string of the molecule is CCC[C@@H](N)C(=O)N1CCN(c2ccc(OC)cc2)CC1. The number of amides is 1. The molecule has 1 amide bonds.